The molecule has 0 saturated carbocycles. The standard InChI is InChI=1S/C16H22N4O2/c1-12(2)9-20(10-14(17)21)11-16-18-15(19-22-16)8-13-6-4-3-5-7-13/h3-7,12H,8-11H2,1-2H3,(H2,17,21). The molecule has 0 atom stereocenters. The van der Waals surface area contributed by atoms with Gasteiger partial charge in [0, 0.05) is 13.0 Å². The van der Waals surface area contributed by atoms with Gasteiger partial charge in [-0.1, -0.05) is 49.3 Å². The number of rotatable bonds is 8. The summed E-state index contributed by atoms with van der Waals surface area (Å²) in [7, 11) is 0. The molecule has 1 heterocycles. The third-order valence-corrected chi connectivity index (χ3v) is 3.08. The highest BCUT2D eigenvalue weighted by Gasteiger charge is 2.15. The number of amides is 1. The molecule has 1 amide bonds. The van der Waals surface area contributed by atoms with Gasteiger partial charge in [-0.25, -0.2) is 0 Å². The van der Waals surface area contributed by atoms with Crippen LogP contribution in [0.5, 0.6) is 0 Å². The molecule has 0 spiro atoms. The van der Waals surface area contributed by atoms with Crippen LogP contribution in [0.1, 0.15) is 31.1 Å². The molecular weight excluding hydrogens is 280 g/mol. The van der Waals surface area contributed by atoms with E-state index in [9.17, 15) is 4.79 Å². The zero-order valence-electron chi connectivity index (χ0n) is 13.0. The van der Waals surface area contributed by atoms with E-state index in [1.165, 1.54) is 0 Å². The van der Waals surface area contributed by atoms with Gasteiger partial charge in [-0.2, -0.15) is 4.98 Å². The van der Waals surface area contributed by atoms with E-state index >= 15 is 0 Å². The predicted molar refractivity (Wildman–Crippen MR) is 82.9 cm³/mol. The lowest BCUT2D eigenvalue weighted by Gasteiger charge is -2.20. The van der Waals surface area contributed by atoms with Crippen molar-refractivity contribution in [3.05, 3.63) is 47.6 Å². The zero-order valence-corrected chi connectivity index (χ0v) is 13.0. The van der Waals surface area contributed by atoms with Crippen LogP contribution in [0, 0.1) is 5.92 Å². The maximum atomic E-state index is 11.1. The maximum absolute atomic E-state index is 11.1. The Morgan fingerprint density at radius 2 is 2.05 bits per heavy atom. The van der Waals surface area contributed by atoms with Crippen LogP contribution < -0.4 is 5.73 Å². The Kier molecular flexibility index (Phi) is 5.66. The second kappa shape index (κ2) is 7.70. The molecule has 22 heavy (non-hydrogen) atoms. The van der Waals surface area contributed by atoms with Gasteiger partial charge in [-0.3, -0.25) is 9.69 Å². The van der Waals surface area contributed by atoms with Gasteiger partial charge in [-0.15, -0.1) is 0 Å². The second-order valence-electron chi connectivity index (χ2n) is 5.80. The van der Waals surface area contributed by atoms with Crippen molar-refractivity contribution in [3.63, 3.8) is 0 Å². The fourth-order valence-corrected chi connectivity index (χ4v) is 2.32. The molecule has 0 aliphatic carbocycles. The first-order valence-electron chi connectivity index (χ1n) is 7.39. The van der Waals surface area contributed by atoms with Crippen molar-refractivity contribution in [2.24, 2.45) is 11.7 Å². The highest BCUT2D eigenvalue weighted by atomic mass is 16.5. The molecule has 2 N–H and O–H groups in total. The predicted octanol–water partition coefficient (Wildman–Crippen LogP) is 1.60. The number of hydrogen-bond donors (Lipinski definition) is 1. The number of aromatic nitrogens is 2. The molecule has 1 aromatic heterocycles. The monoisotopic (exact) mass is 302 g/mol. The first-order valence-corrected chi connectivity index (χ1v) is 7.39. The van der Waals surface area contributed by atoms with Crippen LogP contribution in [0.15, 0.2) is 34.9 Å². The van der Waals surface area contributed by atoms with E-state index in [2.05, 4.69) is 24.0 Å². The number of carbonyl (C=O) groups excluding carboxylic acids is 1. The van der Waals surface area contributed by atoms with Gasteiger partial charge in [-0.05, 0) is 11.5 Å². The number of carbonyl (C=O) groups is 1. The number of benzene rings is 1. The van der Waals surface area contributed by atoms with Gasteiger partial charge >= 0.3 is 0 Å². The summed E-state index contributed by atoms with van der Waals surface area (Å²) in [5.41, 5.74) is 6.41. The summed E-state index contributed by atoms with van der Waals surface area (Å²) < 4.78 is 5.28. The van der Waals surface area contributed by atoms with Crippen LogP contribution in [0.3, 0.4) is 0 Å². The smallest absolute Gasteiger partial charge is 0.240 e. The molecule has 0 fully saturated rings. The fourth-order valence-electron chi connectivity index (χ4n) is 2.32. The van der Waals surface area contributed by atoms with Crippen LogP contribution in [0.2, 0.25) is 0 Å². The van der Waals surface area contributed by atoms with E-state index in [-0.39, 0.29) is 12.5 Å². The first-order chi connectivity index (χ1) is 10.5. The largest absolute Gasteiger partial charge is 0.369 e. The summed E-state index contributed by atoms with van der Waals surface area (Å²) >= 11 is 0. The summed E-state index contributed by atoms with van der Waals surface area (Å²) in [6.45, 7) is 5.54. The molecule has 0 aliphatic rings. The van der Waals surface area contributed by atoms with Crippen molar-refractivity contribution in [3.8, 4) is 0 Å². The Hall–Kier alpha value is -2.21. The number of hydrogen-bond acceptors (Lipinski definition) is 5. The summed E-state index contributed by atoms with van der Waals surface area (Å²) in [4.78, 5) is 17.5. The van der Waals surface area contributed by atoms with Gasteiger partial charge in [0.05, 0.1) is 13.1 Å². The Bertz CT molecular complexity index is 595. The van der Waals surface area contributed by atoms with Crippen LogP contribution >= 0.6 is 0 Å². The van der Waals surface area contributed by atoms with Crippen LogP contribution in [-0.2, 0) is 17.8 Å². The average Bonchev–Trinajstić information content (AvgIpc) is 2.85. The molecule has 118 valence electrons. The molecule has 2 aromatic rings. The number of nitrogens with two attached hydrogens (primary N) is 1. The Morgan fingerprint density at radius 3 is 2.68 bits per heavy atom. The Labute approximate surface area is 130 Å². The van der Waals surface area contributed by atoms with E-state index in [1.807, 2.05) is 35.2 Å². The maximum Gasteiger partial charge on any atom is 0.240 e. The van der Waals surface area contributed by atoms with Gasteiger partial charge < -0.3 is 10.3 Å². The van der Waals surface area contributed by atoms with Gasteiger partial charge in [0.25, 0.3) is 0 Å². The SMILES string of the molecule is CC(C)CN(CC(N)=O)Cc1nc(Cc2ccccc2)no1. The lowest BCUT2D eigenvalue weighted by molar-refractivity contribution is -0.119. The molecule has 1 aromatic carbocycles. The second-order valence-corrected chi connectivity index (χ2v) is 5.80. The quantitative estimate of drug-likeness (QED) is 0.800. The zero-order chi connectivity index (χ0) is 15.9. The normalized spacial score (nSPS) is 11.3. The topological polar surface area (TPSA) is 85.2 Å². The molecule has 0 bridgehead atoms. The molecule has 6 heteroatoms. The molecule has 0 unspecified atom stereocenters. The van der Waals surface area contributed by atoms with Gasteiger partial charge in [0.2, 0.25) is 11.8 Å². The number of primary amides is 1. The molecule has 0 saturated heterocycles. The van der Waals surface area contributed by atoms with E-state index in [0.29, 0.717) is 30.6 Å². The van der Waals surface area contributed by atoms with Crippen molar-refractivity contribution in [2.75, 3.05) is 13.1 Å². The van der Waals surface area contributed by atoms with Crippen LogP contribution in [-0.4, -0.2) is 34.0 Å². The molecule has 0 radical (unpaired) electrons. The summed E-state index contributed by atoms with van der Waals surface area (Å²) in [6, 6.07) is 9.97. The third kappa shape index (κ3) is 5.29. The van der Waals surface area contributed by atoms with Crippen molar-refractivity contribution in [2.45, 2.75) is 26.8 Å². The van der Waals surface area contributed by atoms with Crippen LogP contribution in [0.4, 0.5) is 0 Å². The highest BCUT2D eigenvalue weighted by Crippen LogP contribution is 2.09. The summed E-state index contributed by atoms with van der Waals surface area (Å²) in [6.07, 6.45) is 0.629. The van der Waals surface area contributed by atoms with Crippen LogP contribution in [0.25, 0.3) is 0 Å². The van der Waals surface area contributed by atoms with Crippen molar-refractivity contribution < 1.29 is 9.32 Å². The van der Waals surface area contributed by atoms with E-state index in [1.54, 1.807) is 0 Å². The summed E-state index contributed by atoms with van der Waals surface area (Å²) in [5.74, 6) is 1.22. The van der Waals surface area contributed by atoms with E-state index in [0.717, 1.165) is 12.1 Å². The number of nitrogens with zero attached hydrogens (tertiary/aromatic N) is 3. The lowest BCUT2D eigenvalue weighted by Crippen LogP contribution is -2.35. The fraction of sp³-hybridized carbons (Fsp3) is 0.438. The van der Waals surface area contributed by atoms with Gasteiger partial charge in [0.1, 0.15) is 0 Å². The minimum atomic E-state index is -0.357. The molecule has 0 aliphatic heterocycles. The highest BCUT2D eigenvalue weighted by molar-refractivity contribution is 5.75. The molecule has 6 nitrogen and oxygen atoms in total. The van der Waals surface area contributed by atoms with Crippen molar-refractivity contribution >= 4 is 5.91 Å². The Morgan fingerprint density at radius 1 is 1.32 bits per heavy atom. The first kappa shape index (κ1) is 16.2. The minimum absolute atomic E-state index is 0.189. The minimum Gasteiger partial charge on any atom is -0.369 e. The Balaban J connectivity index is 1.98. The van der Waals surface area contributed by atoms with Crippen molar-refractivity contribution in [1.82, 2.24) is 15.0 Å². The van der Waals surface area contributed by atoms with E-state index in [4.69, 9.17) is 10.3 Å². The average molecular weight is 302 g/mol. The van der Waals surface area contributed by atoms with E-state index < -0.39 is 0 Å². The lowest BCUT2D eigenvalue weighted by atomic mass is 10.1. The molecule has 2 rings (SSSR count). The third-order valence-electron chi connectivity index (χ3n) is 3.08. The van der Waals surface area contributed by atoms with Crippen molar-refractivity contribution in [1.29, 1.82) is 0 Å². The van der Waals surface area contributed by atoms with Gasteiger partial charge in [0.15, 0.2) is 5.82 Å². The summed E-state index contributed by atoms with van der Waals surface area (Å²) in [5, 5.41) is 3.99. The molecular formula is C16H22N4O2.